The molecular formula is C21H23ClN2O7. The van der Waals surface area contributed by atoms with E-state index in [0.717, 1.165) is 5.56 Å². The maximum Gasteiger partial charge on any atom is 0.338 e. The molecule has 0 saturated carbocycles. The molecule has 0 aliphatic carbocycles. The van der Waals surface area contributed by atoms with Gasteiger partial charge in [-0.3, -0.25) is 10.1 Å². The summed E-state index contributed by atoms with van der Waals surface area (Å²) >= 11 is 5.87. The number of carbonyl (C=O) groups is 3. The summed E-state index contributed by atoms with van der Waals surface area (Å²) in [5, 5.41) is 5.08. The Hall–Kier alpha value is -3.30. The number of halogens is 1. The number of methoxy groups -OCH3 is 2. The summed E-state index contributed by atoms with van der Waals surface area (Å²) in [6.45, 7) is 0.205. The van der Waals surface area contributed by atoms with Crippen molar-refractivity contribution in [2.75, 3.05) is 34.0 Å². The fourth-order valence-electron chi connectivity index (χ4n) is 2.34. The normalized spacial score (nSPS) is 10.2. The number of hydrogen-bond donors (Lipinski definition) is 2. The molecule has 2 aromatic rings. The van der Waals surface area contributed by atoms with E-state index in [1.807, 2.05) is 17.4 Å². The fraction of sp³-hybridized carbons (Fsp3) is 0.286. The highest BCUT2D eigenvalue weighted by molar-refractivity contribution is 6.30. The van der Waals surface area contributed by atoms with Crippen molar-refractivity contribution >= 4 is 29.5 Å². The number of ether oxygens (including phenoxy) is 4. The topological polar surface area (TPSA) is 112 Å². The zero-order valence-electron chi connectivity index (χ0n) is 17.1. The number of urea groups is 1. The van der Waals surface area contributed by atoms with Gasteiger partial charge < -0.3 is 24.3 Å². The highest BCUT2D eigenvalue weighted by Crippen LogP contribution is 2.29. The highest BCUT2D eigenvalue weighted by Gasteiger charge is 2.15. The van der Waals surface area contributed by atoms with E-state index in [1.54, 1.807) is 18.2 Å². The zero-order chi connectivity index (χ0) is 22.6. The van der Waals surface area contributed by atoms with Crippen molar-refractivity contribution in [3.05, 3.63) is 58.6 Å². The molecule has 10 heteroatoms. The molecule has 0 aromatic heterocycles. The molecule has 0 aliphatic heterocycles. The van der Waals surface area contributed by atoms with E-state index in [4.69, 9.17) is 30.5 Å². The number of rotatable bonds is 10. The standard InChI is InChI=1S/C21H23ClN2O7/c1-28-10-9-23-21(27)24-19(25)13-31-20(26)15-5-8-17(18(11-15)29-2)30-12-14-3-6-16(22)7-4-14/h3-8,11H,9-10,12-13H2,1-2H3,(H2,23,24,25,27). The minimum atomic E-state index is -0.766. The first-order valence-corrected chi connectivity index (χ1v) is 9.59. The lowest BCUT2D eigenvalue weighted by Crippen LogP contribution is -2.42. The van der Waals surface area contributed by atoms with Crippen LogP contribution in [0.15, 0.2) is 42.5 Å². The van der Waals surface area contributed by atoms with Gasteiger partial charge in [0.25, 0.3) is 5.91 Å². The van der Waals surface area contributed by atoms with Crippen LogP contribution in [-0.4, -0.2) is 51.9 Å². The quantitative estimate of drug-likeness (QED) is 0.422. The van der Waals surface area contributed by atoms with E-state index in [0.29, 0.717) is 23.1 Å². The highest BCUT2D eigenvalue weighted by atomic mass is 35.5. The molecule has 2 N–H and O–H groups in total. The Kier molecular flexibility index (Phi) is 9.60. The van der Waals surface area contributed by atoms with Gasteiger partial charge in [-0.1, -0.05) is 23.7 Å². The summed E-state index contributed by atoms with van der Waals surface area (Å²) < 4.78 is 20.7. The Bertz CT molecular complexity index is 903. The van der Waals surface area contributed by atoms with Gasteiger partial charge in [-0.25, -0.2) is 9.59 Å². The fourth-order valence-corrected chi connectivity index (χ4v) is 2.47. The molecule has 0 atom stereocenters. The van der Waals surface area contributed by atoms with Crippen LogP contribution in [0.2, 0.25) is 5.02 Å². The van der Waals surface area contributed by atoms with Crippen LogP contribution >= 0.6 is 11.6 Å². The van der Waals surface area contributed by atoms with Crippen LogP contribution in [0.5, 0.6) is 11.5 Å². The predicted octanol–water partition coefficient (Wildman–Crippen LogP) is 2.56. The molecule has 0 unspecified atom stereocenters. The van der Waals surface area contributed by atoms with Crippen molar-refractivity contribution in [3.8, 4) is 11.5 Å². The summed E-state index contributed by atoms with van der Waals surface area (Å²) in [4.78, 5) is 35.4. The van der Waals surface area contributed by atoms with Crippen molar-refractivity contribution in [2.24, 2.45) is 0 Å². The number of esters is 1. The Morgan fingerprint density at radius 1 is 1.00 bits per heavy atom. The van der Waals surface area contributed by atoms with Gasteiger partial charge in [-0.05, 0) is 35.9 Å². The second-order valence-electron chi connectivity index (χ2n) is 6.15. The summed E-state index contributed by atoms with van der Waals surface area (Å²) in [7, 11) is 2.92. The van der Waals surface area contributed by atoms with E-state index in [9.17, 15) is 14.4 Å². The van der Waals surface area contributed by atoms with E-state index in [-0.39, 0.29) is 18.7 Å². The van der Waals surface area contributed by atoms with Gasteiger partial charge in [-0.15, -0.1) is 0 Å². The van der Waals surface area contributed by atoms with Crippen LogP contribution in [0.1, 0.15) is 15.9 Å². The largest absolute Gasteiger partial charge is 0.493 e. The van der Waals surface area contributed by atoms with Gasteiger partial charge in [0.1, 0.15) is 6.61 Å². The molecule has 166 valence electrons. The van der Waals surface area contributed by atoms with Crippen LogP contribution in [0.4, 0.5) is 4.79 Å². The molecule has 9 nitrogen and oxygen atoms in total. The summed E-state index contributed by atoms with van der Waals surface area (Å²) in [6, 6.07) is 11.0. The molecule has 3 amide bonds. The SMILES string of the molecule is COCCNC(=O)NC(=O)COC(=O)c1ccc(OCc2ccc(Cl)cc2)c(OC)c1. The van der Waals surface area contributed by atoms with Crippen molar-refractivity contribution in [2.45, 2.75) is 6.61 Å². The molecule has 0 radical (unpaired) electrons. The van der Waals surface area contributed by atoms with Crippen molar-refractivity contribution < 1.29 is 33.3 Å². The average molecular weight is 451 g/mol. The molecule has 31 heavy (non-hydrogen) atoms. The average Bonchev–Trinajstić information content (AvgIpc) is 2.77. The van der Waals surface area contributed by atoms with E-state index in [2.05, 4.69) is 5.32 Å². The minimum absolute atomic E-state index is 0.160. The first kappa shape index (κ1) is 24.0. The molecule has 0 bridgehead atoms. The summed E-state index contributed by atoms with van der Waals surface area (Å²) in [5.74, 6) is -0.763. The molecule has 2 aromatic carbocycles. The third kappa shape index (κ3) is 8.15. The molecule has 0 aliphatic rings. The Labute approximate surface area is 184 Å². The van der Waals surface area contributed by atoms with Crippen molar-refractivity contribution in [1.29, 1.82) is 0 Å². The second-order valence-corrected chi connectivity index (χ2v) is 6.59. The van der Waals surface area contributed by atoms with Gasteiger partial charge in [0.2, 0.25) is 0 Å². The van der Waals surface area contributed by atoms with E-state index >= 15 is 0 Å². The van der Waals surface area contributed by atoms with Crippen LogP contribution in [0.3, 0.4) is 0 Å². The lowest BCUT2D eigenvalue weighted by molar-refractivity contribution is -0.123. The van der Waals surface area contributed by atoms with Crippen LogP contribution in [-0.2, 0) is 20.9 Å². The van der Waals surface area contributed by atoms with E-state index in [1.165, 1.54) is 26.4 Å². The number of amides is 3. The smallest absolute Gasteiger partial charge is 0.338 e. The first-order chi connectivity index (χ1) is 14.9. The minimum Gasteiger partial charge on any atom is -0.493 e. The number of imide groups is 1. The first-order valence-electron chi connectivity index (χ1n) is 9.22. The number of nitrogens with one attached hydrogen (secondary N) is 2. The maximum absolute atomic E-state index is 12.2. The number of carbonyl (C=O) groups excluding carboxylic acids is 3. The Morgan fingerprint density at radius 2 is 1.74 bits per heavy atom. The molecule has 0 saturated heterocycles. The lowest BCUT2D eigenvalue weighted by Gasteiger charge is -2.12. The predicted molar refractivity (Wildman–Crippen MR) is 112 cm³/mol. The van der Waals surface area contributed by atoms with Crippen molar-refractivity contribution in [1.82, 2.24) is 10.6 Å². The van der Waals surface area contributed by atoms with Gasteiger partial charge >= 0.3 is 12.0 Å². The Balaban J connectivity index is 1.87. The third-order valence-electron chi connectivity index (χ3n) is 3.89. The molecule has 0 fully saturated rings. The van der Waals surface area contributed by atoms with Gasteiger partial charge in [0.15, 0.2) is 18.1 Å². The third-order valence-corrected chi connectivity index (χ3v) is 4.14. The molecule has 0 heterocycles. The molecule has 2 rings (SSSR count). The van der Waals surface area contributed by atoms with E-state index < -0.39 is 24.5 Å². The van der Waals surface area contributed by atoms with Crippen LogP contribution < -0.4 is 20.1 Å². The summed E-state index contributed by atoms with van der Waals surface area (Å²) in [5.41, 5.74) is 1.07. The van der Waals surface area contributed by atoms with Gasteiger partial charge in [0.05, 0.1) is 19.3 Å². The number of hydrogen-bond acceptors (Lipinski definition) is 7. The van der Waals surface area contributed by atoms with Crippen LogP contribution in [0, 0.1) is 0 Å². The Morgan fingerprint density at radius 3 is 2.42 bits per heavy atom. The maximum atomic E-state index is 12.2. The lowest BCUT2D eigenvalue weighted by atomic mass is 10.2. The van der Waals surface area contributed by atoms with Crippen LogP contribution in [0.25, 0.3) is 0 Å². The van der Waals surface area contributed by atoms with Crippen molar-refractivity contribution in [3.63, 3.8) is 0 Å². The number of benzene rings is 2. The zero-order valence-corrected chi connectivity index (χ0v) is 17.9. The van der Waals surface area contributed by atoms with Gasteiger partial charge in [-0.2, -0.15) is 0 Å². The second kappa shape index (κ2) is 12.4. The molecule has 0 spiro atoms. The summed E-state index contributed by atoms with van der Waals surface area (Å²) in [6.07, 6.45) is 0. The molecular weight excluding hydrogens is 428 g/mol. The van der Waals surface area contributed by atoms with Gasteiger partial charge in [0, 0.05) is 18.7 Å². The monoisotopic (exact) mass is 450 g/mol.